The van der Waals surface area contributed by atoms with Crippen molar-refractivity contribution < 1.29 is 4.92 Å². The number of nitrogens with zero attached hydrogens (tertiary/aromatic N) is 1. The van der Waals surface area contributed by atoms with Gasteiger partial charge >= 0.3 is 0 Å². The van der Waals surface area contributed by atoms with E-state index in [1.165, 1.54) is 0 Å². The molecular formula is C12H18N2O2S. The second-order valence-electron chi connectivity index (χ2n) is 3.69. The molecule has 0 aliphatic carbocycles. The normalized spacial score (nSPS) is 10.2. The van der Waals surface area contributed by atoms with Gasteiger partial charge in [0.05, 0.1) is 4.92 Å². The number of nitro benzene ring substituents is 1. The van der Waals surface area contributed by atoms with Crippen LogP contribution >= 0.6 is 11.8 Å². The van der Waals surface area contributed by atoms with E-state index in [0.29, 0.717) is 12.2 Å². The molecule has 17 heavy (non-hydrogen) atoms. The summed E-state index contributed by atoms with van der Waals surface area (Å²) in [6.45, 7) is 4.77. The minimum atomic E-state index is -0.346. The molecule has 0 fully saturated rings. The lowest BCUT2D eigenvalue weighted by molar-refractivity contribution is -0.384. The number of hydrogen-bond donors (Lipinski definition) is 1. The molecule has 0 heterocycles. The Morgan fingerprint density at radius 3 is 2.76 bits per heavy atom. The summed E-state index contributed by atoms with van der Waals surface area (Å²) in [6.07, 6.45) is 1.15. The number of hydrogen-bond acceptors (Lipinski definition) is 4. The van der Waals surface area contributed by atoms with E-state index in [1.54, 1.807) is 6.07 Å². The van der Waals surface area contributed by atoms with Crippen LogP contribution in [0.15, 0.2) is 18.2 Å². The Kier molecular flexibility index (Phi) is 5.83. The van der Waals surface area contributed by atoms with Crippen molar-refractivity contribution in [3.05, 3.63) is 33.9 Å². The van der Waals surface area contributed by atoms with Gasteiger partial charge in [-0.3, -0.25) is 10.1 Å². The van der Waals surface area contributed by atoms with E-state index in [4.69, 9.17) is 0 Å². The molecule has 0 spiro atoms. The monoisotopic (exact) mass is 254 g/mol. The molecule has 0 saturated heterocycles. The highest BCUT2D eigenvalue weighted by molar-refractivity contribution is 7.98. The molecule has 0 amide bonds. The summed E-state index contributed by atoms with van der Waals surface area (Å²) in [4.78, 5) is 10.5. The van der Waals surface area contributed by atoms with Crippen molar-refractivity contribution in [2.24, 2.45) is 0 Å². The largest absolute Gasteiger partial charge is 0.380 e. The van der Waals surface area contributed by atoms with Gasteiger partial charge in [0.25, 0.3) is 5.69 Å². The van der Waals surface area contributed by atoms with E-state index in [9.17, 15) is 10.1 Å². The number of nitrogens with one attached hydrogen (secondary N) is 1. The first-order chi connectivity index (χ1) is 8.19. The molecule has 5 heteroatoms. The molecule has 1 N–H and O–H groups in total. The molecule has 0 atom stereocenters. The maximum absolute atomic E-state index is 10.8. The zero-order chi connectivity index (χ0) is 12.7. The molecule has 0 aliphatic rings. The summed E-state index contributed by atoms with van der Waals surface area (Å²) in [5.74, 6) is 2.03. The molecule has 1 aromatic rings. The van der Waals surface area contributed by atoms with Gasteiger partial charge in [-0.1, -0.05) is 13.0 Å². The average molecular weight is 254 g/mol. The Labute approximate surface area is 106 Å². The van der Waals surface area contributed by atoms with Crippen molar-refractivity contribution in [2.45, 2.75) is 26.0 Å². The molecule has 0 radical (unpaired) electrons. The Morgan fingerprint density at radius 1 is 1.41 bits per heavy atom. The van der Waals surface area contributed by atoms with E-state index in [-0.39, 0.29) is 10.6 Å². The highest BCUT2D eigenvalue weighted by atomic mass is 32.2. The van der Waals surface area contributed by atoms with Crippen LogP contribution < -0.4 is 5.32 Å². The highest BCUT2D eigenvalue weighted by Gasteiger charge is 2.13. The first-order valence-corrected chi connectivity index (χ1v) is 6.93. The van der Waals surface area contributed by atoms with E-state index in [2.05, 4.69) is 12.2 Å². The van der Waals surface area contributed by atoms with Gasteiger partial charge in [0.2, 0.25) is 0 Å². The number of thioether (sulfide) groups is 1. The van der Waals surface area contributed by atoms with Crippen LogP contribution in [-0.2, 0) is 5.75 Å². The van der Waals surface area contributed by atoms with Crippen LogP contribution in [-0.4, -0.2) is 17.2 Å². The van der Waals surface area contributed by atoms with Crippen LogP contribution in [0.2, 0.25) is 0 Å². The maximum Gasteiger partial charge on any atom is 0.292 e. The molecule has 4 nitrogen and oxygen atoms in total. The van der Waals surface area contributed by atoms with Gasteiger partial charge in [0, 0.05) is 18.4 Å². The van der Waals surface area contributed by atoms with Crippen LogP contribution in [0.1, 0.15) is 25.8 Å². The first-order valence-electron chi connectivity index (χ1n) is 5.78. The number of nitro groups is 1. The molecule has 0 aromatic heterocycles. The second-order valence-corrected chi connectivity index (χ2v) is 4.80. The van der Waals surface area contributed by atoms with Gasteiger partial charge in [-0.05, 0) is 30.7 Å². The molecule has 94 valence electrons. The summed E-state index contributed by atoms with van der Waals surface area (Å²) < 4.78 is 0. The van der Waals surface area contributed by atoms with E-state index >= 15 is 0 Å². The highest BCUT2D eigenvalue weighted by Crippen LogP contribution is 2.27. The van der Waals surface area contributed by atoms with E-state index in [1.807, 2.05) is 30.8 Å². The Morgan fingerprint density at radius 2 is 2.18 bits per heavy atom. The van der Waals surface area contributed by atoms with E-state index in [0.717, 1.165) is 23.5 Å². The van der Waals surface area contributed by atoms with Crippen LogP contribution in [0.5, 0.6) is 0 Å². The second kappa shape index (κ2) is 7.17. The quantitative estimate of drug-likeness (QED) is 0.458. The van der Waals surface area contributed by atoms with E-state index < -0.39 is 0 Å². The van der Waals surface area contributed by atoms with Crippen molar-refractivity contribution in [2.75, 3.05) is 17.6 Å². The lowest BCUT2D eigenvalue weighted by atomic mass is 10.2. The van der Waals surface area contributed by atoms with Crippen LogP contribution in [0.4, 0.5) is 11.4 Å². The van der Waals surface area contributed by atoms with Crippen LogP contribution in [0, 0.1) is 10.1 Å². The zero-order valence-electron chi connectivity index (χ0n) is 10.2. The molecule has 1 aromatic carbocycles. The minimum Gasteiger partial charge on any atom is -0.380 e. The fourth-order valence-electron chi connectivity index (χ4n) is 1.50. The molecule has 0 bridgehead atoms. The predicted octanol–water partition coefficient (Wildman–Crippen LogP) is 3.67. The van der Waals surface area contributed by atoms with Gasteiger partial charge < -0.3 is 5.32 Å². The summed E-state index contributed by atoms with van der Waals surface area (Å²) in [5, 5.41) is 13.9. The first kappa shape index (κ1) is 13.8. The third-order valence-electron chi connectivity index (χ3n) is 2.24. The third kappa shape index (κ3) is 4.26. The van der Waals surface area contributed by atoms with Crippen molar-refractivity contribution in [3.63, 3.8) is 0 Å². The summed E-state index contributed by atoms with van der Waals surface area (Å²) in [7, 11) is 0. The van der Waals surface area contributed by atoms with Crippen LogP contribution in [0.3, 0.4) is 0 Å². The Balaban J connectivity index is 2.81. The Bertz CT molecular complexity index is 383. The topological polar surface area (TPSA) is 55.2 Å². The minimum absolute atomic E-state index is 0.149. The fraction of sp³-hybridized carbons (Fsp3) is 0.500. The van der Waals surface area contributed by atoms with Crippen molar-refractivity contribution in [3.8, 4) is 0 Å². The molecule has 0 saturated carbocycles. The predicted molar refractivity (Wildman–Crippen MR) is 73.7 cm³/mol. The SMILES string of the molecule is CCCSCc1ccc([N+](=O)[O-])c(NCC)c1. The summed E-state index contributed by atoms with van der Waals surface area (Å²) in [6, 6.07) is 5.30. The van der Waals surface area contributed by atoms with Gasteiger partial charge in [0.15, 0.2) is 0 Å². The molecule has 0 unspecified atom stereocenters. The van der Waals surface area contributed by atoms with Gasteiger partial charge in [0.1, 0.15) is 5.69 Å². The number of anilines is 1. The van der Waals surface area contributed by atoms with Crippen molar-refractivity contribution in [1.82, 2.24) is 0 Å². The van der Waals surface area contributed by atoms with Crippen molar-refractivity contribution in [1.29, 1.82) is 0 Å². The van der Waals surface area contributed by atoms with Crippen LogP contribution in [0.25, 0.3) is 0 Å². The lowest BCUT2D eigenvalue weighted by Crippen LogP contribution is -2.01. The fourth-order valence-corrected chi connectivity index (χ4v) is 2.35. The third-order valence-corrected chi connectivity index (χ3v) is 3.48. The average Bonchev–Trinajstić information content (AvgIpc) is 2.30. The smallest absolute Gasteiger partial charge is 0.292 e. The van der Waals surface area contributed by atoms with Gasteiger partial charge in [-0.25, -0.2) is 0 Å². The summed E-state index contributed by atoms with van der Waals surface area (Å²) in [5.41, 5.74) is 1.90. The number of benzene rings is 1. The molecular weight excluding hydrogens is 236 g/mol. The Hall–Kier alpha value is -1.23. The number of rotatable bonds is 7. The molecule has 0 aliphatic heterocycles. The van der Waals surface area contributed by atoms with Gasteiger partial charge in [-0.2, -0.15) is 11.8 Å². The molecule has 1 rings (SSSR count). The standard InChI is InChI=1S/C12H18N2O2S/c1-3-7-17-9-10-5-6-12(14(15)16)11(8-10)13-4-2/h5-6,8,13H,3-4,7,9H2,1-2H3. The lowest BCUT2D eigenvalue weighted by Gasteiger charge is -2.07. The van der Waals surface area contributed by atoms with Gasteiger partial charge in [-0.15, -0.1) is 0 Å². The maximum atomic E-state index is 10.8. The van der Waals surface area contributed by atoms with Crippen molar-refractivity contribution >= 4 is 23.1 Å². The zero-order valence-corrected chi connectivity index (χ0v) is 11.0. The summed E-state index contributed by atoms with van der Waals surface area (Å²) >= 11 is 1.85.